The fourth-order valence-electron chi connectivity index (χ4n) is 2.51. The van der Waals surface area contributed by atoms with Crippen molar-refractivity contribution in [3.8, 4) is 11.5 Å². The van der Waals surface area contributed by atoms with Crippen LogP contribution in [0.2, 0.25) is 0 Å². The average Bonchev–Trinajstić information content (AvgIpc) is 2.59. The van der Waals surface area contributed by atoms with Crippen molar-refractivity contribution in [3.63, 3.8) is 0 Å². The van der Waals surface area contributed by atoms with Gasteiger partial charge in [-0.3, -0.25) is 4.79 Å². The third-order valence-corrected chi connectivity index (χ3v) is 3.61. The minimum absolute atomic E-state index is 0.00410. The van der Waals surface area contributed by atoms with E-state index in [1.807, 2.05) is 42.5 Å². The Morgan fingerprint density at radius 1 is 0.783 bits per heavy atom. The molecule has 23 heavy (non-hydrogen) atoms. The summed E-state index contributed by atoms with van der Waals surface area (Å²) < 4.78 is 11.5. The maximum atomic E-state index is 11.6. The number of ether oxygens (including phenoxy) is 2. The van der Waals surface area contributed by atoms with Gasteiger partial charge in [0.25, 0.3) is 0 Å². The van der Waals surface area contributed by atoms with Crippen molar-refractivity contribution in [3.05, 3.63) is 72.3 Å². The van der Waals surface area contributed by atoms with Crippen molar-refractivity contribution < 1.29 is 14.3 Å². The number of carbonyl (C=O) groups excluding carboxylic acids is 1. The first-order valence-electron chi connectivity index (χ1n) is 7.59. The number of Topliss-reactive ketones (excluding diaryl/α,β-unsaturated/α-hetero) is 1. The number of carbonyl (C=O) groups is 1. The smallest absolute Gasteiger partial charge is 0.163 e. The normalized spacial score (nSPS) is 10.5. The zero-order valence-electron chi connectivity index (χ0n) is 13.0. The zero-order chi connectivity index (χ0) is 16.1. The lowest BCUT2D eigenvalue weighted by Gasteiger charge is -2.12. The van der Waals surface area contributed by atoms with Crippen LogP contribution < -0.4 is 9.47 Å². The van der Waals surface area contributed by atoms with E-state index >= 15 is 0 Å². The second-order valence-corrected chi connectivity index (χ2v) is 5.23. The van der Waals surface area contributed by atoms with E-state index in [0.717, 1.165) is 16.5 Å². The molecule has 0 aliphatic rings. The van der Waals surface area contributed by atoms with Gasteiger partial charge in [0.05, 0.1) is 5.56 Å². The molecule has 3 aromatic rings. The molecular weight excluding hydrogens is 288 g/mol. The highest BCUT2D eigenvalue weighted by molar-refractivity contribution is 5.96. The summed E-state index contributed by atoms with van der Waals surface area (Å²) in [5, 5.41) is 2.23. The molecule has 0 spiro atoms. The summed E-state index contributed by atoms with van der Waals surface area (Å²) in [4.78, 5) is 11.6. The SMILES string of the molecule is CC(=O)c1ccccc1OCCOc1cccc2ccccc12. The fraction of sp³-hybridized carbons (Fsp3) is 0.150. The Hall–Kier alpha value is -2.81. The number of ketones is 1. The molecule has 3 rings (SSSR count). The van der Waals surface area contributed by atoms with Gasteiger partial charge in [-0.15, -0.1) is 0 Å². The molecule has 3 nitrogen and oxygen atoms in total. The monoisotopic (exact) mass is 306 g/mol. The predicted molar refractivity (Wildman–Crippen MR) is 91.4 cm³/mol. The van der Waals surface area contributed by atoms with Gasteiger partial charge in [-0.2, -0.15) is 0 Å². The number of para-hydroxylation sites is 1. The van der Waals surface area contributed by atoms with Crippen molar-refractivity contribution in [1.82, 2.24) is 0 Å². The number of rotatable bonds is 6. The maximum absolute atomic E-state index is 11.6. The van der Waals surface area contributed by atoms with Crippen LogP contribution in [0.25, 0.3) is 10.8 Å². The first-order valence-corrected chi connectivity index (χ1v) is 7.59. The molecule has 0 aliphatic carbocycles. The molecule has 0 amide bonds. The second-order valence-electron chi connectivity index (χ2n) is 5.23. The van der Waals surface area contributed by atoms with Gasteiger partial charge < -0.3 is 9.47 Å². The molecule has 3 heteroatoms. The Bertz CT molecular complexity index is 818. The first kappa shape index (κ1) is 15.1. The number of fused-ring (bicyclic) bond motifs is 1. The molecule has 0 aromatic heterocycles. The van der Waals surface area contributed by atoms with Gasteiger partial charge in [-0.05, 0) is 30.5 Å². The van der Waals surface area contributed by atoms with E-state index in [1.165, 1.54) is 6.92 Å². The lowest BCUT2D eigenvalue weighted by Crippen LogP contribution is -2.10. The number of hydrogen-bond acceptors (Lipinski definition) is 3. The van der Waals surface area contributed by atoms with Gasteiger partial charge >= 0.3 is 0 Å². The summed E-state index contributed by atoms with van der Waals surface area (Å²) in [5.74, 6) is 1.43. The van der Waals surface area contributed by atoms with Gasteiger partial charge in [0.15, 0.2) is 5.78 Å². The summed E-state index contributed by atoms with van der Waals surface area (Å²) in [6.07, 6.45) is 0. The van der Waals surface area contributed by atoms with E-state index in [-0.39, 0.29) is 5.78 Å². The van der Waals surface area contributed by atoms with Crippen molar-refractivity contribution in [2.24, 2.45) is 0 Å². The molecule has 0 heterocycles. The number of benzene rings is 3. The lowest BCUT2D eigenvalue weighted by atomic mass is 10.1. The van der Waals surface area contributed by atoms with E-state index in [0.29, 0.717) is 24.5 Å². The third-order valence-electron chi connectivity index (χ3n) is 3.61. The highest BCUT2D eigenvalue weighted by Gasteiger charge is 2.07. The molecule has 0 saturated carbocycles. The Labute approximate surface area is 135 Å². The van der Waals surface area contributed by atoms with Gasteiger partial charge in [0, 0.05) is 5.39 Å². The fourth-order valence-corrected chi connectivity index (χ4v) is 2.51. The van der Waals surface area contributed by atoms with Crippen molar-refractivity contribution in [2.45, 2.75) is 6.92 Å². The molecule has 0 atom stereocenters. The minimum atomic E-state index is -0.00410. The van der Waals surface area contributed by atoms with E-state index in [1.54, 1.807) is 12.1 Å². The van der Waals surface area contributed by atoms with Crippen LogP contribution in [0.3, 0.4) is 0 Å². The number of hydrogen-bond donors (Lipinski definition) is 0. The summed E-state index contributed by atoms with van der Waals surface area (Å²) in [6.45, 7) is 2.34. The van der Waals surface area contributed by atoms with E-state index in [2.05, 4.69) is 12.1 Å². The van der Waals surface area contributed by atoms with Crippen molar-refractivity contribution in [1.29, 1.82) is 0 Å². The van der Waals surface area contributed by atoms with Crippen molar-refractivity contribution >= 4 is 16.6 Å². The van der Waals surface area contributed by atoms with Crippen LogP contribution in [0.5, 0.6) is 11.5 Å². The Kier molecular flexibility index (Phi) is 4.57. The minimum Gasteiger partial charge on any atom is -0.489 e. The molecule has 0 unspecified atom stereocenters. The van der Waals surface area contributed by atoms with Gasteiger partial charge in [-0.1, -0.05) is 48.5 Å². The highest BCUT2D eigenvalue weighted by atomic mass is 16.5. The molecule has 0 saturated heterocycles. The summed E-state index contributed by atoms with van der Waals surface area (Å²) in [6, 6.07) is 21.3. The van der Waals surface area contributed by atoms with Crippen LogP contribution in [0.15, 0.2) is 66.7 Å². The topological polar surface area (TPSA) is 35.5 Å². The Morgan fingerprint density at radius 2 is 1.39 bits per heavy atom. The highest BCUT2D eigenvalue weighted by Crippen LogP contribution is 2.25. The van der Waals surface area contributed by atoms with E-state index in [4.69, 9.17) is 9.47 Å². The van der Waals surface area contributed by atoms with E-state index in [9.17, 15) is 4.79 Å². The van der Waals surface area contributed by atoms with E-state index < -0.39 is 0 Å². The molecule has 0 radical (unpaired) electrons. The second kappa shape index (κ2) is 6.97. The zero-order valence-corrected chi connectivity index (χ0v) is 13.0. The predicted octanol–water partition coefficient (Wildman–Crippen LogP) is 4.50. The van der Waals surface area contributed by atoms with Crippen LogP contribution in [-0.4, -0.2) is 19.0 Å². The maximum Gasteiger partial charge on any atom is 0.163 e. The lowest BCUT2D eigenvalue weighted by molar-refractivity contribution is 0.101. The van der Waals surface area contributed by atoms with Crippen LogP contribution in [0.1, 0.15) is 17.3 Å². The quantitative estimate of drug-likeness (QED) is 0.497. The standard InChI is InChI=1S/C20H18O3/c1-15(21)17-9-4-5-11-19(17)22-13-14-23-20-12-6-8-16-7-2-3-10-18(16)20/h2-12H,13-14H2,1H3. The Morgan fingerprint density at radius 3 is 2.22 bits per heavy atom. The van der Waals surface area contributed by atoms with Gasteiger partial charge in [-0.25, -0.2) is 0 Å². The molecule has 0 aliphatic heterocycles. The van der Waals surface area contributed by atoms with Gasteiger partial charge in [0.2, 0.25) is 0 Å². The van der Waals surface area contributed by atoms with Crippen LogP contribution in [0, 0.1) is 0 Å². The Balaban J connectivity index is 1.63. The third kappa shape index (κ3) is 3.51. The average molecular weight is 306 g/mol. The van der Waals surface area contributed by atoms with Crippen molar-refractivity contribution in [2.75, 3.05) is 13.2 Å². The largest absolute Gasteiger partial charge is 0.489 e. The van der Waals surface area contributed by atoms with Crippen LogP contribution >= 0.6 is 0 Å². The summed E-state index contributed by atoms with van der Waals surface area (Å²) in [5.41, 5.74) is 0.595. The molecule has 3 aromatic carbocycles. The summed E-state index contributed by atoms with van der Waals surface area (Å²) in [7, 11) is 0. The molecule has 0 bridgehead atoms. The molecule has 116 valence electrons. The first-order chi connectivity index (χ1) is 11.3. The van der Waals surface area contributed by atoms with Crippen LogP contribution in [0.4, 0.5) is 0 Å². The van der Waals surface area contributed by atoms with Crippen LogP contribution in [-0.2, 0) is 0 Å². The van der Waals surface area contributed by atoms with Gasteiger partial charge in [0.1, 0.15) is 24.7 Å². The molecular formula is C20H18O3. The summed E-state index contributed by atoms with van der Waals surface area (Å²) >= 11 is 0. The molecule has 0 N–H and O–H groups in total. The molecule has 0 fully saturated rings.